The van der Waals surface area contributed by atoms with Crippen LogP contribution in [0.25, 0.3) is 0 Å². The average molecular weight is 260 g/mol. The molecule has 3 atom stereocenters. The van der Waals surface area contributed by atoms with Gasteiger partial charge >= 0.3 is 0 Å². The van der Waals surface area contributed by atoms with Crippen LogP contribution in [-0.4, -0.2) is 36.0 Å². The molecule has 1 amide bonds. The van der Waals surface area contributed by atoms with Crippen molar-refractivity contribution in [1.82, 2.24) is 4.90 Å². The maximum Gasteiger partial charge on any atom is 0.248 e. The van der Waals surface area contributed by atoms with Crippen LogP contribution in [0.5, 0.6) is 5.75 Å². The molecule has 1 aromatic rings. The molecule has 2 aliphatic heterocycles. The number of carbonyl (C=O) groups excluding carboxylic acids is 1. The van der Waals surface area contributed by atoms with Crippen LogP contribution in [0, 0.1) is 0 Å². The zero-order valence-corrected chi connectivity index (χ0v) is 11.2. The molecule has 2 bridgehead atoms. The fourth-order valence-corrected chi connectivity index (χ4v) is 3.37. The molecule has 102 valence electrons. The molecule has 0 aromatic heterocycles. The summed E-state index contributed by atoms with van der Waals surface area (Å²) in [5.74, 6) is 0.346. The van der Waals surface area contributed by atoms with Crippen molar-refractivity contribution in [3.8, 4) is 5.75 Å². The van der Waals surface area contributed by atoms with Gasteiger partial charge in [-0.1, -0.05) is 6.07 Å². The van der Waals surface area contributed by atoms with Crippen LogP contribution in [-0.2, 0) is 0 Å². The third-order valence-corrected chi connectivity index (χ3v) is 4.48. The highest BCUT2D eigenvalue weighted by atomic mass is 16.5. The second-order valence-corrected chi connectivity index (χ2v) is 5.65. The summed E-state index contributed by atoms with van der Waals surface area (Å²) in [7, 11) is 2.21. The highest BCUT2D eigenvalue weighted by Gasteiger charge is 2.39. The Morgan fingerprint density at radius 3 is 2.63 bits per heavy atom. The molecule has 2 N–H and O–H groups in total. The highest BCUT2D eigenvalue weighted by Crippen LogP contribution is 2.35. The van der Waals surface area contributed by atoms with Crippen molar-refractivity contribution in [1.29, 1.82) is 0 Å². The number of nitrogens with zero attached hydrogens (tertiary/aromatic N) is 1. The fourth-order valence-electron chi connectivity index (χ4n) is 3.37. The highest BCUT2D eigenvalue weighted by molar-refractivity contribution is 5.93. The first-order valence-electron chi connectivity index (χ1n) is 6.92. The number of nitrogens with two attached hydrogens (primary N) is 1. The zero-order chi connectivity index (χ0) is 13.4. The summed E-state index contributed by atoms with van der Waals surface area (Å²) >= 11 is 0. The largest absolute Gasteiger partial charge is 0.490 e. The van der Waals surface area contributed by atoms with Crippen LogP contribution in [0.2, 0.25) is 0 Å². The second kappa shape index (κ2) is 4.85. The van der Waals surface area contributed by atoms with Gasteiger partial charge in [0, 0.05) is 17.6 Å². The van der Waals surface area contributed by atoms with Gasteiger partial charge in [0.1, 0.15) is 11.9 Å². The van der Waals surface area contributed by atoms with Crippen molar-refractivity contribution in [2.24, 2.45) is 5.73 Å². The topological polar surface area (TPSA) is 55.6 Å². The van der Waals surface area contributed by atoms with Gasteiger partial charge in [-0.05, 0) is 50.9 Å². The third kappa shape index (κ3) is 2.45. The van der Waals surface area contributed by atoms with Crippen molar-refractivity contribution in [2.45, 2.75) is 43.9 Å². The van der Waals surface area contributed by atoms with Crippen LogP contribution in [0.15, 0.2) is 24.3 Å². The Balaban J connectivity index is 1.69. The summed E-state index contributed by atoms with van der Waals surface area (Å²) in [4.78, 5) is 13.6. The van der Waals surface area contributed by atoms with E-state index in [-0.39, 0.29) is 6.10 Å². The smallest absolute Gasteiger partial charge is 0.248 e. The molecule has 0 saturated carbocycles. The molecule has 2 saturated heterocycles. The number of ether oxygens (including phenoxy) is 1. The number of fused-ring (bicyclic) bond motifs is 2. The predicted octanol–water partition coefficient (Wildman–Crippen LogP) is 1.79. The Labute approximate surface area is 113 Å². The molecular weight excluding hydrogens is 240 g/mol. The Bertz CT molecular complexity index is 475. The quantitative estimate of drug-likeness (QED) is 0.901. The number of primary amides is 1. The zero-order valence-electron chi connectivity index (χ0n) is 11.2. The summed E-state index contributed by atoms with van der Waals surface area (Å²) in [5, 5.41) is 0. The van der Waals surface area contributed by atoms with Crippen LogP contribution in [0.1, 0.15) is 36.0 Å². The van der Waals surface area contributed by atoms with Crippen molar-refractivity contribution < 1.29 is 9.53 Å². The molecule has 0 radical (unpaired) electrons. The van der Waals surface area contributed by atoms with E-state index in [1.807, 2.05) is 12.1 Å². The summed E-state index contributed by atoms with van der Waals surface area (Å²) < 4.78 is 6.04. The summed E-state index contributed by atoms with van der Waals surface area (Å²) in [6, 6.07) is 8.48. The molecule has 0 spiro atoms. The first kappa shape index (κ1) is 12.5. The van der Waals surface area contributed by atoms with Crippen LogP contribution in [0.3, 0.4) is 0 Å². The van der Waals surface area contributed by atoms with Gasteiger partial charge in [-0.25, -0.2) is 0 Å². The van der Waals surface area contributed by atoms with E-state index in [4.69, 9.17) is 10.5 Å². The van der Waals surface area contributed by atoms with Crippen LogP contribution >= 0.6 is 0 Å². The van der Waals surface area contributed by atoms with Crippen molar-refractivity contribution >= 4 is 5.91 Å². The SMILES string of the molecule is CN1[C@@H]2CC[C@H]1CC(Oc1cccc(C(N)=O)c1)C2. The first-order chi connectivity index (χ1) is 9.13. The Hall–Kier alpha value is -1.55. The lowest BCUT2D eigenvalue weighted by Gasteiger charge is -2.36. The monoisotopic (exact) mass is 260 g/mol. The number of piperidine rings is 1. The maximum atomic E-state index is 11.2. The molecule has 2 fully saturated rings. The minimum absolute atomic E-state index is 0.261. The summed E-state index contributed by atoms with van der Waals surface area (Å²) in [6.07, 6.45) is 4.98. The molecule has 0 aliphatic carbocycles. The average Bonchev–Trinajstić information content (AvgIpc) is 2.63. The minimum atomic E-state index is -0.408. The van der Waals surface area contributed by atoms with Gasteiger partial charge < -0.3 is 15.4 Å². The lowest BCUT2D eigenvalue weighted by molar-refractivity contribution is 0.0660. The van der Waals surface area contributed by atoms with Crippen LogP contribution < -0.4 is 10.5 Å². The van der Waals surface area contributed by atoms with Gasteiger partial charge in [0.15, 0.2) is 0 Å². The van der Waals surface area contributed by atoms with E-state index in [0.717, 1.165) is 18.6 Å². The third-order valence-electron chi connectivity index (χ3n) is 4.48. The second-order valence-electron chi connectivity index (χ2n) is 5.65. The number of hydrogen-bond acceptors (Lipinski definition) is 3. The molecule has 1 unspecified atom stereocenters. The van der Waals surface area contributed by atoms with Gasteiger partial charge in [-0.3, -0.25) is 4.79 Å². The van der Waals surface area contributed by atoms with Crippen molar-refractivity contribution in [2.75, 3.05) is 7.05 Å². The molecule has 2 aliphatic rings. The Kier molecular flexibility index (Phi) is 3.19. The molecule has 1 aromatic carbocycles. The molecule has 4 heteroatoms. The van der Waals surface area contributed by atoms with E-state index in [1.165, 1.54) is 12.8 Å². The summed E-state index contributed by atoms with van der Waals surface area (Å²) in [5.41, 5.74) is 5.79. The minimum Gasteiger partial charge on any atom is -0.490 e. The molecule has 3 rings (SSSR count). The van der Waals surface area contributed by atoms with Gasteiger partial charge in [-0.15, -0.1) is 0 Å². The number of carbonyl (C=O) groups is 1. The maximum absolute atomic E-state index is 11.2. The Morgan fingerprint density at radius 2 is 2.00 bits per heavy atom. The van der Waals surface area contributed by atoms with Crippen molar-refractivity contribution in [3.63, 3.8) is 0 Å². The molecule has 19 heavy (non-hydrogen) atoms. The standard InChI is InChI=1S/C15H20N2O2/c1-17-11-5-6-12(17)9-14(8-11)19-13-4-2-3-10(7-13)15(16)18/h2-4,7,11-12,14H,5-6,8-9H2,1H3,(H2,16,18)/t11-,12+,14?. The molecule has 2 heterocycles. The molecular formula is C15H20N2O2. The lowest BCUT2D eigenvalue weighted by atomic mass is 10.0. The normalized spacial score (nSPS) is 30.3. The summed E-state index contributed by atoms with van der Waals surface area (Å²) in [6.45, 7) is 0. The van der Waals surface area contributed by atoms with E-state index >= 15 is 0 Å². The molecule has 4 nitrogen and oxygen atoms in total. The Morgan fingerprint density at radius 1 is 1.32 bits per heavy atom. The lowest BCUT2D eigenvalue weighted by Crippen LogP contribution is -2.43. The van der Waals surface area contributed by atoms with Gasteiger partial charge in [0.2, 0.25) is 5.91 Å². The number of amides is 1. The fraction of sp³-hybridized carbons (Fsp3) is 0.533. The van der Waals surface area contributed by atoms with E-state index in [2.05, 4.69) is 11.9 Å². The van der Waals surface area contributed by atoms with Crippen LogP contribution in [0.4, 0.5) is 0 Å². The number of hydrogen-bond donors (Lipinski definition) is 1. The van der Waals surface area contributed by atoms with Gasteiger partial charge in [0.05, 0.1) is 0 Å². The first-order valence-corrected chi connectivity index (χ1v) is 6.92. The van der Waals surface area contributed by atoms with E-state index in [0.29, 0.717) is 17.6 Å². The van der Waals surface area contributed by atoms with Crippen molar-refractivity contribution in [3.05, 3.63) is 29.8 Å². The number of rotatable bonds is 3. The number of benzene rings is 1. The predicted molar refractivity (Wildman–Crippen MR) is 73.2 cm³/mol. The van der Waals surface area contributed by atoms with E-state index in [9.17, 15) is 4.79 Å². The van der Waals surface area contributed by atoms with E-state index < -0.39 is 5.91 Å². The van der Waals surface area contributed by atoms with Gasteiger partial charge in [-0.2, -0.15) is 0 Å². The van der Waals surface area contributed by atoms with Gasteiger partial charge in [0.25, 0.3) is 0 Å². The van der Waals surface area contributed by atoms with E-state index in [1.54, 1.807) is 12.1 Å².